The van der Waals surface area contributed by atoms with E-state index in [-0.39, 0.29) is 6.42 Å². The summed E-state index contributed by atoms with van der Waals surface area (Å²) < 4.78 is 3.19. The molecule has 0 aliphatic carbocycles. The quantitative estimate of drug-likeness (QED) is 0.648. The van der Waals surface area contributed by atoms with Crippen LogP contribution in [0.15, 0.2) is 24.5 Å². The van der Waals surface area contributed by atoms with E-state index in [1.165, 1.54) is 0 Å². The van der Waals surface area contributed by atoms with Crippen molar-refractivity contribution < 1.29 is 14.6 Å². The largest absolute Gasteiger partial charge is 0.481 e. The highest BCUT2D eigenvalue weighted by Crippen LogP contribution is 2.17. The highest BCUT2D eigenvalue weighted by molar-refractivity contribution is 5.74. The lowest BCUT2D eigenvalue weighted by Gasteiger charge is -1.98. The fraction of sp³-hybridized carbons (Fsp3) is 0.250. The first kappa shape index (κ1) is 13.0. The van der Waals surface area contributed by atoms with Crippen molar-refractivity contribution >= 4 is 17.1 Å². The first-order valence-corrected chi connectivity index (χ1v) is 6.24. The molecule has 0 atom stereocenters. The lowest BCUT2D eigenvalue weighted by Crippen LogP contribution is -2.38. The van der Waals surface area contributed by atoms with Crippen molar-refractivity contribution in [2.45, 2.75) is 13.0 Å². The van der Waals surface area contributed by atoms with Gasteiger partial charge in [0.15, 0.2) is 12.7 Å². The second-order valence-corrected chi connectivity index (χ2v) is 4.47. The normalized spacial score (nSPS) is 10.9. The molecule has 0 fully saturated rings. The van der Waals surface area contributed by atoms with E-state index in [9.17, 15) is 4.79 Å². The minimum absolute atomic E-state index is 0.0312. The van der Waals surface area contributed by atoms with Gasteiger partial charge < -0.3 is 5.11 Å². The Labute approximate surface area is 118 Å². The van der Waals surface area contributed by atoms with Gasteiger partial charge in [0.05, 0.1) is 5.69 Å². The van der Waals surface area contributed by atoms with E-state index in [1.807, 2.05) is 12.1 Å². The second-order valence-electron chi connectivity index (χ2n) is 4.47. The monoisotopic (exact) mass is 286 g/mol. The highest BCUT2D eigenvalue weighted by Gasteiger charge is 2.11. The minimum atomic E-state index is -0.853. The van der Waals surface area contributed by atoms with Crippen LogP contribution in [0.4, 0.5) is 0 Å². The summed E-state index contributed by atoms with van der Waals surface area (Å²) in [5, 5.41) is 28.6. The Morgan fingerprint density at radius 2 is 2.24 bits per heavy atom. The van der Waals surface area contributed by atoms with Gasteiger partial charge in [0.1, 0.15) is 18.1 Å². The first-order chi connectivity index (χ1) is 10.1. The number of fused-ring (bicyclic) bond motifs is 1. The summed E-state index contributed by atoms with van der Waals surface area (Å²) >= 11 is 0. The van der Waals surface area contributed by atoms with Crippen molar-refractivity contribution in [1.82, 2.24) is 30.3 Å². The third-order valence-corrected chi connectivity index (χ3v) is 3.00. The van der Waals surface area contributed by atoms with Gasteiger partial charge in [-0.25, -0.2) is 4.68 Å². The van der Waals surface area contributed by atoms with Gasteiger partial charge in [0.25, 0.3) is 0 Å². The number of carboxylic acid groups (broad SMARTS) is 1. The van der Waals surface area contributed by atoms with E-state index in [1.54, 1.807) is 28.8 Å². The summed E-state index contributed by atoms with van der Waals surface area (Å²) in [6.45, 7) is 0.325. The van der Waals surface area contributed by atoms with Crippen molar-refractivity contribution in [3.8, 4) is 11.3 Å². The van der Waals surface area contributed by atoms with Gasteiger partial charge in [-0.2, -0.15) is 0 Å². The van der Waals surface area contributed by atoms with Crippen molar-refractivity contribution in [1.29, 1.82) is 0 Å². The molecule has 0 spiro atoms. The topological polar surface area (TPSA) is 111 Å². The minimum Gasteiger partial charge on any atom is -0.481 e. The van der Waals surface area contributed by atoms with Gasteiger partial charge in [0.2, 0.25) is 5.65 Å². The first-order valence-electron chi connectivity index (χ1n) is 6.24. The van der Waals surface area contributed by atoms with Crippen LogP contribution < -0.4 is 4.68 Å². The molecule has 3 aromatic rings. The van der Waals surface area contributed by atoms with Crippen molar-refractivity contribution in [2.24, 2.45) is 7.05 Å². The lowest BCUT2D eigenvalue weighted by molar-refractivity contribution is -0.752. The van der Waals surface area contributed by atoms with Crippen LogP contribution in [0, 0.1) is 0 Å². The van der Waals surface area contributed by atoms with Gasteiger partial charge in [-0.3, -0.25) is 4.79 Å². The summed E-state index contributed by atoms with van der Waals surface area (Å²) in [7, 11) is 1.78. The van der Waals surface area contributed by atoms with Gasteiger partial charge in [-0.1, -0.05) is 9.90 Å². The number of aliphatic carboxylic acids is 1. The van der Waals surface area contributed by atoms with Crippen LogP contribution in [0.25, 0.3) is 22.4 Å². The number of rotatable bonds is 4. The fourth-order valence-corrected chi connectivity index (χ4v) is 1.86. The summed E-state index contributed by atoms with van der Waals surface area (Å²) in [5.74, 6) is -0.853. The molecular weight excluding hydrogens is 274 g/mol. The zero-order chi connectivity index (χ0) is 14.8. The molecule has 0 saturated heterocycles. The average Bonchev–Trinajstić information content (AvgIpc) is 2.87. The molecule has 3 aromatic heterocycles. The van der Waals surface area contributed by atoms with E-state index in [2.05, 4.69) is 25.6 Å². The van der Waals surface area contributed by atoms with Crippen LogP contribution in [-0.4, -0.2) is 41.4 Å². The van der Waals surface area contributed by atoms with Crippen LogP contribution in [-0.2, 0) is 18.4 Å². The Morgan fingerprint density at radius 1 is 1.38 bits per heavy atom. The maximum Gasteiger partial charge on any atom is 0.309 e. The second kappa shape index (κ2) is 5.19. The van der Waals surface area contributed by atoms with Gasteiger partial charge >= 0.3 is 5.97 Å². The van der Waals surface area contributed by atoms with Crippen LogP contribution in [0.5, 0.6) is 0 Å². The van der Waals surface area contributed by atoms with Crippen molar-refractivity contribution in [3.05, 3.63) is 24.5 Å². The fourth-order valence-electron chi connectivity index (χ4n) is 1.86. The molecule has 1 N–H and O–H groups in total. The Morgan fingerprint density at radius 3 is 2.95 bits per heavy atom. The Hall–Kier alpha value is -2.97. The van der Waals surface area contributed by atoms with Crippen LogP contribution in [0.1, 0.15) is 6.42 Å². The molecule has 0 aliphatic rings. The number of hydrogen-bond acceptors (Lipinski definition) is 6. The third-order valence-electron chi connectivity index (χ3n) is 3.00. The molecule has 0 saturated carbocycles. The van der Waals surface area contributed by atoms with E-state index in [0.717, 1.165) is 11.1 Å². The van der Waals surface area contributed by atoms with Crippen molar-refractivity contribution in [3.63, 3.8) is 0 Å². The molecule has 0 bridgehead atoms. The molecule has 21 heavy (non-hydrogen) atoms. The smallest absolute Gasteiger partial charge is 0.309 e. The van der Waals surface area contributed by atoms with Crippen LogP contribution in [0.2, 0.25) is 0 Å². The predicted molar refractivity (Wildman–Crippen MR) is 69.8 cm³/mol. The van der Waals surface area contributed by atoms with Crippen molar-refractivity contribution in [2.75, 3.05) is 0 Å². The number of aryl methyl sites for hydroxylation is 2. The van der Waals surface area contributed by atoms with E-state index >= 15 is 0 Å². The zero-order valence-electron chi connectivity index (χ0n) is 11.2. The summed E-state index contributed by atoms with van der Waals surface area (Å²) in [4.78, 5) is 10.5. The van der Waals surface area contributed by atoms with Gasteiger partial charge in [-0.15, -0.1) is 15.3 Å². The average molecular weight is 286 g/mol. The van der Waals surface area contributed by atoms with E-state index in [4.69, 9.17) is 5.11 Å². The maximum absolute atomic E-state index is 10.5. The molecule has 9 heteroatoms. The molecular formula is C12H12N7O2+. The number of nitrogens with zero attached hydrogens (tertiary/aromatic N) is 7. The SMILES string of the molecule is Cn1nnc2nnc(-c3cc[n+](CCC(=O)O)nc3)cc21. The molecule has 0 amide bonds. The number of carboxylic acids is 1. The summed E-state index contributed by atoms with van der Waals surface area (Å²) in [6, 6.07) is 3.65. The van der Waals surface area contributed by atoms with Crippen LogP contribution >= 0.6 is 0 Å². The molecule has 3 rings (SSSR count). The summed E-state index contributed by atoms with van der Waals surface area (Å²) in [6.07, 6.45) is 3.37. The molecule has 3 heterocycles. The molecule has 0 unspecified atom stereocenters. The Kier molecular flexibility index (Phi) is 3.22. The number of hydrogen-bond donors (Lipinski definition) is 1. The van der Waals surface area contributed by atoms with E-state index < -0.39 is 5.97 Å². The Balaban J connectivity index is 1.87. The highest BCUT2D eigenvalue weighted by atomic mass is 16.4. The maximum atomic E-state index is 10.5. The summed E-state index contributed by atoms with van der Waals surface area (Å²) in [5.41, 5.74) is 2.72. The number of carbonyl (C=O) groups is 1. The molecule has 0 aliphatic heterocycles. The van der Waals surface area contributed by atoms with E-state index in [0.29, 0.717) is 17.9 Å². The Bertz CT molecular complexity index is 797. The third kappa shape index (κ3) is 2.66. The standard InChI is InChI=1S/C12H11N7O2/c1-18-10-6-9(14-15-12(10)16-17-18)8-2-4-19(13-7-8)5-3-11(20)21/h2,4,6-7H,3,5H2,1H3/p+1. The molecule has 106 valence electrons. The molecule has 0 aromatic carbocycles. The predicted octanol–water partition coefficient (Wildman–Crippen LogP) is -0.417. The van der Waals surface area contributed by atoms with Gasteiger partial charge in [0, 0.05) is 18.7 Å². The molecule has 0 radical (unpaired) electrons. The number of aromatic nitrogens is 7. The lowest BCUT2D eigenvalue weighted by atomic mass is 10.2. The molecule has 9 nitrogen and oxygen atoms in total. The zero-order valence-corrected chi connectivity index (χ0v) is 11.2. The van der Waals surface area contributed by atoms with Crippen LogP contribution in [0.3, 0.4) is 0 Å². The van der Waals surface area contributed by atoms with Gasteiger partial charge in [-0.05, 0) is 11.2 Å².